The molecule has 2 heterocycles. The summed E-state index contributed by atoms with van der Waals surface area (Å²) in [7, 11) is 1.66. The van der Waals surface area contributed by atoms with Crippen LogP contribution in [0.25, 0.3) is 11.2 Å². The molecule has 0 atom stereocenters. The van der Waals surface area contributed by atoms with E-state index in [0.29, 0.717) is 5.92 Å². The third kappa shape index (κ3) is 1.28. The van der Waals surface area contributed by atoms with Gasteiger partial charge in [0.05, 0.1) is 7.11 Å². The third-order valence-electron chi connectivity index (χ3n) is 3.08. The summed E-state index contributed by atoms with van der Waals surface area (Å²) in [6, 6.07) is 1.84. The monoisotopic (exact) mass is 203 g/mol. The van der Waals surface area contributed by atoms with Gasteiger partial charge in [0.15, 0.2) is 5.65 Å². The standard InChI is InChI=1S/C11H13N3O/c1-15-8-5-6-12-11-9(8)13-10(14-11)7-3-2-4-7/h5-7H,2-4H2,1H3,(H,12,13,14). The number of rotatable bonds is 2. The van der Waals surface area contributed by atoms with E-state index < -0.39 is 0 Å². The Bertz CT molecular complexity index is 488. The topological polar surface area (TPSA) is 50.8 Å². The fraction of sp³-hybridized carbons (Fsp3) is 0.455. The fourth-order valence-electron chi connectivity index (χ4n) is 1.95. The molecule has 78 valence electrons. The van der Waals surface area contributed by atoms with Gasteiger partial charge >= 0.3 is 0 Å². The van der Waals surface area contributed by atoms with E-state index in [1.807, 2.05) is 6.07 Å². The van der Waals surface area contributed by atoms with E-state index in [-0.39, 0.29) is 0 Å². The van der Waals surface area contributed by atoms with Crippen LogP contribution in [0.3, 0.4) is 0 Å². The van der Waals surface area contributed by atoms with Gasteiger partial charge in [-0.1, -0.05) is 6.42 Å². The lowest BCUT2D eigenvalue weighted by Gasteiger charge is -2.22. The summed E-state index contributed by atoms with van der Waals surface area (Å²) < 4.78 is 5.25. The lowest BCUT2D eigenvalue weighted by molar-refractivity contribution is 0.403. The largest absolute Gasteiger partial charge is 0.494 e. The highest BCUT2D eigenvalue weighted by atomic mass is 16.5. The van der Waals surface area contributed by atoms with Crippen molar-refractivity contribution in [2.45, 2.75) is 25.2 Å². The first kappa shape index (κ1) is 8.71. The normalized spacial score (nSPS) is 16.6. The predicted octanol–water partition coefficient (Wildman–Crippen LogP) is 2.23. The summed E-state index contributed by atoms with van der Waals surface area (Å²) in [5.41, 5.74) is 1.68. The van der Waals surface area contributed by atoms with Crippen molar-refractivity contribution in [1.29, 1.82) is 0 Å². The summed E-state index contributed by atoms with van der Waals surface area (Å²) in [6.45, 7) is 0. The zero-order chi connectivity index (χ0) is 10.3. The highest BCUT2D eigenvalue weighted by Gasteiger charge is 2.23. The number of pyridine rings is 1. The lowest BCUT2D eigenvalue weighted by Crippen LogP contribution is -2.10. The van der Waals surface area contributed by atoms with Crippen molar-refractivity contribution in [1.82, 2.24) is 15.0 Å². The van der Waals surface area contributed by atoms with Crippen LogP contribution in [0, 0.1) is 0 Å². The number of H-pyrrole nitrogens is 1. The third-order valence-corrected chi connectivity index (χ3v) is 3.08. The van der Waals surface area contributed by atoms with Gasteiger partial charge in [-0.3, -0.25) is 0 Å². The molecule has 0 saturated heterocycles. The molecule has 0 spiro atoms. The van der Waals surface area contributed by atoms with Crippen LogP contribution in [0.5, 0.6) is 5.75 Å². The number of ether oxygens (including phenoxy) is 1. The van der Waals surface area contributed by atoms with E-state index in [2.05, 4.69) is 15.0 Å². The van der Waals surface area contributed by atoms with Gasteiger partial charge in [-0.15, -0.1) is 0 Å². The Balaban J connectivity index is 2.12. The van der Waals surface area contributed by atoms with Crippen LogP contribution >= 0.6 is 0 Å². The summed E-state index contributed by atoms with van der Waals surface area (Å²) in [6.07, 6.45) is 5.53. The van der Waals surface area contributed by atoms with Crippen LogP contribution in [-0.2, 0) is 0 Å². The molecule has 0 amide bonds. The molecule has 3 rings (SSSR count). The summed E-state index contributed by atoms with van der Waals surface area (Å²) in [5.74, 6) is 2.46. The number of methoxy groups -OCH3 is 1. The second-order valence-corrected chi connectivity index (χ2v) is 3.96. The Morgan fingerprint density at radius 1 is 1.47 bits per heavy atom. The van der Waals surface area contributed by atoms with E-state index in [1.54, 1.807) is 13.3 Å². The maximum absolute atomic E-state index is 5.25. The number of aromatic amines is 1. The summed E-state index contributed by atoms with van der Waals surface area (Å²) >= 11 is 0. The zero-order valence-electron chi connectivity index (χ0n) is 8.66. The Morgan fingerprint density at radius 2 is 2.33 bits per heavy atom. The van der Waals surface area contributed by atoms with Gasteiger partial charge in [0, 0.05) is 18.2 Å². The highest BCUT2D eigenvalue weighted by Crippen LogP contribution is 2.36. The van der Waals surface area contributed by atoms with Crippen LogP contribution in [0.1, 0.15) is 31.0 Å². The molecule has 15 heavy (non-hydrogen) atoms. The molecule has 0 aromatic carbocycles. The highest BCUT2D eigenvalue weighted by molar-refractivity contribution is 5.77. The van der Waals surface area contributed by atoms with E-state index >= 15 is 0 Å². The number of fused-ring (bicyclic) bond motifs is 1. The number of imidazole rings is 1. The van der Waals surface area contributed by atoms with Crippen molar-refractivity contribution < 1.29 is 4.74 Å². The smallest absolute Gasteiger partial charge is 0.161 e. The van der Waals surface area contributed by atoms with Crippen LogP contribution in [0.2, 0.25) is 0 Å². The second kappa shape index (κ2) is 3.22. The first-order valence-electron chi connectivity index (χ1n) is 5.27. The van der Waals surface area contributed by atoms with Gasteiger partial charge in [0.1, 0.15) is 17.1 Å². The number of hydrogen-bond donors (Lipinski definition) is 1. The van der Waals surface area contributed by atoms with Crippen LogP contribution in [-0.4, -0.2) is 22.1 Å². The van der Waals surface area contributed by atoms with E-state index in [0.717, 1.165) is 22.7 Å². The quantitative estimate of drug-likeness (QED) is 0.814. The molecule has 1 fully saturated rings. The van der Waals surface area contributed by atoms with Crippen LogP contribution in [0.4, 0.5) is 0 Å². The van der Waals surface area contributed by atoms with Crippen molar-refractivity contribution >= 4 is 11.2 Å². The molecule has 1 N–H and O–H groups in total. The Hall–Kier alpha value is -1.58. The first-order chi connectivity index (χ1) is 7.38. The number of nitrogens with zero attached hydrogens (tertiary/aromatic N) is 2. The summed E-state index contributed by atoms with van der Waals surface area (Å²) in [4.78, 5) is 12.1. The van der Waals surface area contributed by atoms with Crippen molar-refractivity contribution in [3.05, 3.63) is 18.1 Å². The van der Waals surface area contributed by atoms with Crippen molar-refractivity contribution in [3.8, 4) is 5.75 Å². The molecule has 4 heteroatoms. The predicted molar refractivity (Wildman–Crippen MR) is 57.0 cm³/mol. The van der Waals surface area contributed by atoms with Crippen LogP contribution < -0.4 is 4.74 Å². The minimum absolute atomic E-state index is 0.601. The minimum atomic E-state index is 0.601. The average Bonchev–Trinajstić information content (AvgIpc) is 2.57. The molecule has 0 radical (unpaired) electrons. The maximum Gasteiger partial charge on any atom is 0.161 e. The maximum atomic E-state index is 5.25. The lowest BCUT2D eigenvalue weighted by atomic mass is 9.85. The van der Waals surface area contributed by atoms with E-state index in [4.69, 9.17) is 4.74 Å². The first-order valence-corrected chi connectivity index (χ1v) is 5.27. The zero-order valence-corrected chi connectivity index (χ0v) is 8.66. The molecule has 1 saturated carbocycles. The van der Waals surface area contributed by atoms with Gasteiger partial charge < -0.3 is 9.72 Å². The Morgan fingerprint density at radius 3 is 3.00 bits per heavy atom. The van der Waals surface area contributed by atoms with Gasteiger partial charge in [0.2, 0.25) is 0 Å². The number of nitrogens with one attached hydrogen (secondary N) is 1. The molecule has 1 aliphatic carbocycles. The molecular weight excluding hydrogens is 190 g/mol. The molecule has 2 aromatic heterocycles. The van der Waals surface area contributed by atoms with Gasteiger partial charge in [-0.25, -0.2) is 9.97 Å². The van der Waals surface area contributed by atoms with Crippen LogP contribution in [0.15, 0.2) is 12.3 Å². The SMILES string of the molecule is COc1ccnc2[nH]c(C3CCC3)nc12. The van der Waals surface area contributed by atoms with E-state index in [1.165, 1.54) is 19.3 Å². The molecule has 1 aliphatic rings. The molecule has 4 nitrogen and oxygen atoms in total. The van der Waals surface area contributed by atoms with Gasteiger partial charge in [0.25, 0.3) is 0 Å². The van der Waals surface area contributed by atoms with Gasteiger partial charge in [-0.2, -0.15) is 0 Å². The molecule has 2 aromatic rings. The Kier molecular flexibility index (Phi) is 1.87. The van der Waals surface area contributed by atoms with Gasteiger partial charge in [-0.05, 0) is 12.8 Å². The Labute approximate surface area is 87.7 Å². The minimum Gasteiger partial charge on any atom is -0.494 e. The molecular formula is C11H13N3O. The second-order valence-electron chi connectivity index (χ2n) is 3.96. The molecule has 0 bridgehead atoms. The number of aromatic nitrogens is 3. The molecule has 0 aliphatic heterocycles. The molecule has 0 unspecified atom stereocenters. The number of hydrogen-bond acceptors (Lipinski definition) is 3. The van der Waals surface area contributed by atoms with E-state index in [9.17, 15) is 0 Å². The fourth-order valence-corrected chi connectivity index (χ4v) is 1.95. The summed E-state index contributed by atoms with van der Waals surface area (Å²) in [5, 5.41) is 0. The van der Waals surface area contributed by atoms with Crippen molar-refractivity contribution in [2.75, 3.05) is 7.11 Å². The average molecular weight is 203 g/mol. The van der Waals surface area contributed by atoms with Crippen molar-refractivity contribution in [3.63, 3.8) is 0 Å². The van der Waals surface area contributed by atoms with Crippen molar-refractivity contribution in [2.24, 2.45) is 0 Å².